The molecule has 0 aromatic heterocycles. The van der Waals surface area contributed by atoms with Crippen LogP contribution in [0.2, 0.25) is 5.02 Å². The Morgan fingerprint density at radius 2 is 1.82 bits per heavy atom. The van der Waals surface area contributed by atoms with E-state index < -0.39 is 46.8 Å². The maximum atomic E-state index is 13.5. The summed E-state index contributed by atoms with van der Waals surface area (Å²) in [5.74, 6) is -3.83. The fraction of sp³-hybridized carbons (Fsp3) is 0.250. The molecule has 2 aliphatic rings. The molecule has 0 radical (unpaired) electrons. The first-order valence-corrected chi connectivity index (χ1v) is 10.9. The van der Waals surface area contributed by atoms with E-state index in [0.29, 0.717) is 12.8 Å². The molecule has 0 unspecified atom stereocenters. The predicted molar refractivity (Wildman–Crippen MR) is 122 cm³/mol. The van der Waals surface area contributed by atoms with Crippen molar-refractivity contribution in [1.82, 2.24) is 10.0 Å². The van der Waals surface area contributed by atoms with Crippen molar-refractivity contribution in [3.05, 3.63) is 86.4 Å². The number of imide groups is 1. The fourth-order valence-corrected chi connectivity index (χ4v) is 4.50. The molecule has 1 aliphatic carbocycles. The number of Topliss-reactive ketones (excluding diaryl/α,β-unsaturated/α-hetero) is 1. The van der Waals surface area contributed by atoms with Crippen LogP contribution in [0.1, 0.15) is 40.5 Å². The van der Waals surface area contributed by atoms with Crippen LogP contribution in [0.25, 0.3) is 0 Å². The van der Waals surface area contributed by atoms with Gasteiger partial charge in [0.2, 0.25) is 0 Å². The van der Waals surface area contributed by atoms with Crippen LogP contribution in [0.4, 0.5) is 5.69 Å². The summed E-state index contributed by atoms with van der Waals surface area (Å²) in [4.78, 5) is 63.5. The van der Waals surface area contributed by atoms with Gasteiger partial charge in [-0.1, -0.05) is 47.5 Å². The minimum absolute atomic E-state index is 0.0146. The van der Waals surface area contributed by atoms with Crippen molar-refractivity contribution in [1.29, 1.82) is 0 Å². The summed E-state index contributed by atoms with van der Waals surface area (Å²) in [5, 5.41) is 12.8. The molecule has 1 heterocycles. The highest BCUT2D eigenvalue weighted by Crippen LogP contribution is 2.39. The number of nitro groups is 1. The van der Waals surface area contributed by atoms with Crippen molar-refractivity contribution in [2.45, 2.75) is 19.8 Å². The van der Waals surface area contributed by atoms with Crippen molar-refractivity contribution in [2.24, 2.45) is 11.8 Å². The Morgan fingerprint density at radius 3 is 2.53 bits per heavy atom. The minimum Gasteiger partial charge on any atom is -0.292 e. The SMILES string of the molecule is CC1=CC[C@H]2C(=O)N(N(CC(=O)c3cccc([N+](=O)[O-])c3)C(=O)c3ccccc3Cl)C(=O)[C@@H]2C1. The maximum Gasteiger partial charge on any atom is 0.274 e. The summed E-state index contributed by atoms with van der Waals surface area (Å²) >= 11 is 6.19. The number of nitro benzene ring substituents is 1. The van der Waals surface area contributed by atoms with E-state index in [1.54, 1.807) is 12.1 Å². The standard InChI is InChI=1S/C24H20ClN3O6/c1-14-9-10-17-19(11-14)24(32)27(23(17)31)26(22(30)18-7-2-3-8-20(18)25)13-21(29)15-5-4-6-16(12-15)28(33)34/h2-9,12,17,19H,10-11,13H2,1H3/t17-,19-/m1/s1. The Hall–Kier alpha value is -3.85. The summed E-state index contributed by atoms with van der Waals surface area (Å²) in [5.41, 5.74) is 0.664. The highest BCUT2D eigenvalue weighted by atomic mass is 35.5. The van der Waals surface area contributed by atoms with Crippen molar-refractivity contribution >= 4 is 40.8 Å². The molecular weight excluding hydrogens is 462 g/mol. The third-order valence-corrected chi connectivity index (χ3v) is 6.38. The van der Waals surface area contributed by atoms with E-state index >= 15 is 0 Å². The van der Waals surface area contributed by atoms with E-state index in [1.807, 2.05) is 13.0 Å². The number of halogens is 1. The van der Waals surface area contributed by atoms with Gasteiger partial charge in [0.05, 0.1) is 27.3 Å². The number of hydrogen-bond acceptors (Lipinski definition) is 6. The van der Waals surface area contributed by atoms with Gasteiger partial charge in [-0.3, -0.25) is 29.3 Å². The molecule has 2 aromatic rings. The summed E-state index contributed by atoms with van der Waals surface area (Å²) < 4.78 is 0. The number of hydrogen-bond donors (Lipinski definition) is 0. The van der Waals surface area contributed by atoms with Gasteiger partial charge in [-0.05, 0) is 31.9 Å². The molecule has 2 aromatic carbocycles. The molecule has 0 saturated carbocycles. The fourth-order valence-electron chi connectivity index (χ4n) is 4.29. The number of hydrazine groups is 1. The highest BCUT2D eigenvalue weighted by molar-refractivity contribution is 6.34. The van der Waals surface area contributed by atoms with Gasteiger partial charge in [0.1, 0.15) is 6.54 Å². The highest BCUT2D eigenvalue weighted by Gasteiger charge is 2.51. The Labute approximate surface area is 199 Å². The lowest BCUT2D eigenvalue weighted by Crippen LogP contribution is -2.52. The number of amides is 3. The van der Waals surface area contributed by atoms with Crippen molar-refractivity contribution < 1.29 is 24.1 Å². The number of rotatable bonds is 6. The monoisotopic (exact) mass is 481 g/mol. The molecular formula is C24H20ClN3O6. The van der Waals surface area contributed by atoms with Gasteiger partial charge in [-0.15, -0.1) is 0 Å². The third kappa shape index (κ3) is 4.22. The average molecular weight is 482 g/mol. The van der Waals surface area contributed by atoms with E-state index in [0.717, 1.165) is 21.7 Å². The molecule has 10 heteroatoms. The zero-order valence-corrected chi connectivity index (χ0v) is 18.9. The van der Waals surface area contributed by atoms with Gasteiger partial charge in [0, 0.05) is 17.7 Å². The summed E-state index contributed by atoms with van der Waals surface area (Å²) in [6.07, 6.45) is 2.65. The van der Waals surface area contributed by atoms with Crippen molar-refractivity contribution in [3.63, 3.8) is 0 Å². The first-order valence-electron chi connectivity index (χ1n) is 10.6. The van der Waals surface area contributed by atoms with Gasteiger partial charge in [0.25, 0.3) is 23.4 Å². The summed E-state index contributed by atoms with van der Waals surface area (Å²) in [6.45, 7) is 1.20. The number of carbonyl (C=O) groups is 4. The van der Waals surface area contributed by atoms with Gasteiger partial charge in [-0.25, -0.2) is 5.01 Å². The van der Waals surface area contributed by atoms with Gasteiger partial charge in [-0.2, -0.15) is 5.01 Å². The second-order valence-corrected chi connectivity index (χ2v) is 8.67. The first kappa shape index (κ1) is 23.3. The third-order valence-electron chi connectivity index (χ3n) is 6.05. The van der Waals surface area contributed by atoms with Crippen molar-refractivity contribution in [3.8, 4) is 0 Å². The molecule has 0 N–H and O–H groups in total. The van der Waals surface area contributed by atoms with E-state index in [1.165, 1.54) is 30.3 Å². The summed E-state index contributed by atoms with van der Waals surface area (Å²) in [6, 6.07) is 11.1. The zero-order valence-electron chi connectivity index (χ0n) is 18.1. The molecule has 174 valence electrons. The quantitative estimate of drug-likeness (QED) is 0.203. The molecule has 0 spiro atoms. The lowest BCUT2D eigenvalue weighted by atomic mass is 9.82. The number of non-ortho nitro benzene ring substituents is 1. The Bertz CT molecular complexity index is 1260. The second-order valence-electron chi connectivity index (χ2n) is 8.26. The van der Waals surface area contributed by atoms with Crippen LogP contribution < -0.4 is 0 Å². The molecule has 9 nitrogen and oxygen atoms in total. The number of benzene rings is 2. The van der Waals surface area contributed by atoms with E-state index in [-0.39, 0.29) is 21.8 Å². The van der Waals surface area contributed by atoms with Crippen LogP contribution in [-0.4, -0.2) is 45.0 Å². The average Bonchev–Trinajstić information content (AvgIpc) is 3.06. The number of carbonyl (C=O) groups excluding carboxylic acids is 4. The molecule has 4 rings (SSSR count). The number of nitrogens with zero attached hydrogens (tertiary/aromatic N) is 3. The second kappa shape index (κ2) is 9.18. The van der Waals surface area contributed by atoms with E-state index in [9.17, 15) is 29.3 Å². The van der Waals surface area contributed by atoms with Crippen LogP contribution in [0.3, 0.4) is 0 Å². The molecule has 2 atom stereocenters. The Balaban J connectivity index is 1.72. The lowest BCUT2D eigenvalue weighted by Gasteiger charge is -2.30. The smallest absolute Gasteiger partial charge is 0.274 e. The van der Waals surface area contributed by atoms with Gasteiger partial charge in [0.15, 0.2) is 5.78 Å². The van der Waals surface area contributed by atoms with Gasteiger partial charge < -0.3 is 0 Å². The number of ketones is 1. The van der Waals surface area contributed by atoms with E-state index in [4.69, 9.17) is 11.6 Å². The topological polar surface area (TPSA) is 118 Å². The number of fused-ring (bicyclic) bond motifs is 1. The predicted octanol–water partition coefficient (Wildman–Crippen LogP) is 3.83. The molecule has 3 amide bonds. The number of allylic oxidation sites excluding steroid dienone is 2. The van der Waals surface area contributed by atoms with Crippen molar-refractivity contribution in [2.75, 3.05) is 6.54 Å². The van der Waals surface area contributed by atoms with Crippen LogP contribution in [-0.2, 0) is 9.59 Å². The Kier molecular flexibility index (Phi) is 6.30. The maximum absolute atomic E-state index is 13.5. The van der Waals surface area contributed by atoms with Crippen LogP contribution in [0.15, 0.2) is 60.2 Å². The molecule has 1 aliphatic heterocycles. The molecule has 0 bridgehead atoms. The molecule has 1 saturated heterocycles. The van der Waals surface area contributed by atoms with Crippen LogP contribution in [0.5, 0.6) is 0 Å². The normalized spacial score (nSPS) is 19.5. The van der Waals surface area contributed by atoms with Gasteiger partial charge >= 0.3 is 0 Å². The molecule has 34 heavy (non-hydrogen) atoms. The minimum atomic E-state index is -0.797. The first-order chi connectivity index (χ1) is 16.2. The lowest BCUT2D eigenvalue weighted by molar-refractivity contribution is -0.384. The zero-order chi connectivity index (χ0) is 24.6. The summed E-state index contributed by atoms with van der Waals surface area (Å²) in [7, 11) is 0. The largest absolute Gasteiger partial charge is 0.292 e. The van der Waals surface area contributed by atoms with Crippen LogP contribution >= 0.6 is 11.6 Å². The van der Waals surface area contributed by atoms with Crippen LogP contribution in [0, 0.1) is 22.0 Å². The van der Waals surface area contributed by atoms with E-state index in [2.05, 4.69) is 0 Å². The molecule has 1 fully saturated rings. The Morgan fingerprint density at radius 1 is 1.12 bits per heavy atom.